The van der Waals surface area contributed by atoms with Crippen molar-refractivity contribution >= 4 is 53.3 Å². The van der Waals surface area contributed by atoms with Crippen LogP contribution in [0.15, 0.2) is 84.9 Å². The number of amides is 2. The van der Waals surface area contributed by atoms with Crippen LogP contribution in [-0.2, 0) is 13.1 Å². The Balaban J connectivity index is 0.000000194. The Labute approximate surface area is 269 Å². The minimum absolute atomic E-state index is 0. The molecule has 226 valence electrons. The molecule has 3 N–H and O–H groups in total. The van der Waals surface area contributed by atoms with E-state index in [-0.39, 0.29) is 35.1 Å². The van der Waals surface area contributed by atoms with E-state index in [0.29, 0.717) is 28.9 Å². The monoisotopic (exact) mass is 639 g/mol. The van der Waals surface area contributed by atoms with Gasteiger partial charge in [-0.25, -0.2) is 9.59 Å². The van der Waals surface area contributed by atoms with Gasteiger partial charge in [0.2, 0.25) is 0 Å². The van der Waals surface area contributed by atoms with Gasteiger partial charge in [-0.2, -0.15) is 0 Å². The first-order valence-electron chi connectivity index (χ1n) is 13.8. The molecule has 2 aliphatic rings. The van der Waals surface area contributed by atoms with E-state index in [1.54, 1.807) is 31.2 Å². The van der Waals surface area contributed by atoms with E-state index in [1.165, 1.54) is 22.3 Å². The molecule has 43 heavy (non-hydrogen) atoms. The number of para-hydroxylation sites is 1. The molecule has 0 unspecified atom stereocenters. The SMILES string of the molecule is C[C@@H]1NCc2ccccc21.Cc1cccc(Cl)c1C(=O)O.Cc1cccc(Cl)c1NC(=O)N1Cc2ccccc2[C@@H]1C.Cl. The van der Waals surface area contributed by atoms with Crippen molar-refractivity contribution < 1.29 is 14.7 Å². The van der Waals surface area contributed by atoms with Crippen molar-refractivity contribution in [3.05, 3.63) is 134 Å². The second-order valence-corrected chi connectivity index (χ2v) is 11.2. The first kappa shape index (κ1) is 33.9. The second-order valence-electron chi connectivity index (χ2n) is 10.4. The molecule has 4 aromatic rings. The molecule has 0 spiro atoms. The van der Waals surface area contributed by atoms with Crippen molar-refractivity contribution in [2.24, 2.45) is 0 Å². The summed E-state index contributed by atoms with van der Waals surface area (Å²) in [5, 5.41) is 15.8. The van der Waals surface area contributed by atoms with Crippen LogP contribution in [0.25, 0.3) is 0 Å². The first-order valence-corrected chi connectivity index (χ1v) is 14.5. The number of carboxylic acid groups (broad SMARTS) is 1. The van der Waals surface area contributed by atoms with Crippen molar-refractivity contribution in [1.82, 2.24) is 10.2 Å². The summed E-state index contributed by atoms with van der Waals surface area (Å²) >= 11 is 11.8. The Bertz CT molecular complexity index is 1550. The fraction of sp³-hybridized carbons (Fsp3) is 0.235. The molecule has 2 aliphatic heterocycles. The van der Waals surface area contributed by atoms with E-state index in [1.807, 2.05) is 43.0 Å². The summed E-state index contributed by atoms with van der Waals surface area (Å²) in [6, 6.07) is 27.9. The predicted octanol–water partition coefficient (Wildman–Crippen LogP) is 9.38. The molecule has 4 aromatic carbocycles. The van der Waals surface area contributed by atoms with Crippen LogP contribution in [0.2, 0.25) is 10.0 Å². The van der Waals surface area contributed by atoms with Gasteiger partial charge in [-0.1, -0.05) is 96.0 Å². The maximum Gasteiger partial charge on any atom is 0.337 e. The number of hydrogen-bond donors (Lipinski definition) is 3. The predicted molar refractivity (Wildman–Crippen MR) is 178 cm³/mol. The number of rotatable bonds is 2. The van der Waals surface area contributed by atoms with Crippen molar-refractivity contribution in [3.8, 4) is 0 Å². The summed E-state index contributed by atoms with van der Waals surface area (Å²) in [4.78, 5) is 24.9. The van der Waals surface area contributed by atoms with Crippen molar-refractivity contribution in [3.63, 3.8) is 0 Å². The first-order chi connectivity index (χ1) is 20.1. The zero-order valence-electron chi connectivity index (χ0n) is 24.5. The van der Waals surface area contributed by atoms with Crippen LogP contribution in [-0.4, -0.2) is 22.0 Å². The van der Waals surface area contributed by atoms with Crippen molar-refractivity contribution in [1.29, 1.82) is 0 Å². The molecule has 2 amide bonds. The number of aryl methyl sites for hydroxylation is 2. The van der Waals surface area contributed by atoms with Crippen molar-refractivity contribution in [2.75, 3.05) is 5.32 Å². The number of halogens is 3. The Hall–Kier alpha value is -3.55. The molecular formula is C34H36Cl3N3O3. The summed E-state index contributed by atoms with van der Waals surface area (Å²) in [6.07, 6.45) is 0. The molecule has 9 heteroatoms. The lowest BCUT2D eigenvalue weighted by molar-refractivity contribution is 0.0696. The largest absolute Gasteiger partial charge is 0.478 e. The van der Waals surface area contributed by atoms with Crippen molar-refractivity contribution in [2.45, 2.75) is 52.9 Å². The number of urea groups is 1. The lowest BCUT2D eigenvalue weighted by atomic mass is 10.1. The van der Waals surface area contributed by atoms with Gasteiger partial charge >= 0.3 is 12.0 Å². The minimum Gasteiger partial charge on any atom is -0.478 e. The van der Waals surface area contributed by atoms with Crippen LogP contribution in [0.3, 0.4) is 0 Å². The maximum absolute atomic E-state index is 12.6. The maximum atomic E-state index is 12.6. The number of benzene rings is 4. The zero-order valence-corrected chi connectivity index (χ0v) is 26.9. The van der Waals surface area contributed by atoms with Gasteiger partial charge < -0.3 is 20.6 Å². The molecule has 0 saturated heterocycles. The molecule has 0 saturated carbocycles. The van der Waals surface area contributed by atoms with Gasteiger partial charge in [0.05, 0.1) is 27.3 Å². The zero-order chi connectivity index (χ0) is 30.4. The number of anilines is 1. The molecule has 0 aromatic heterocycles. The number of hydrogen-bond acceptors (Lipinski definition) is 3. The third-order valence-corrected chi connectivity index (χ3v) is 8.21. The summed E-state index contributed by atoms with van der Waals surface area (Å²) < 4.78 is 0. The van der Waals surface area contributed by atoms with E-state index in [4.69, 9.17) is 28.3 Å². The number of carbonyl (C=O) groups excluding carboxylic acids is 1. The topological polar surface area (TPSA) is 81.7 Å². The van der Waals surface area contributed by atoms with Gasteiger partial charge in [-0.3, -0.25) is 0 Å². The normalized spacial score (nSPS) is 15.9. The number of fused-ring (bicyclic) bond motifs is 2. The lowest BCUT2D eigenvalue weighted by Gasteiger charge is -2.23. The van der Waals surface area contributed by atoms with Gasteiger partial charge in [-0.05, 0) is 73.2 Å². The van der Waals surface area contributed by atoms with E-state index >= 15 is 0 Å². The fourth-order valence-electron chi connectivity index (χ4n) is 5.18. The number of carbonyl (C=O) groups is 2. The Kier molecular flexibility index (Phi) is 12.0. The third kappa shape index (κ3) is 8.09. The quantitative estimate of drug-likeness (QED) is 0.204. The molecule has 2 heterocycles. The molecular weight excluding hydrogens is 605 g/mol. The highest BCUT2D eigenvalue weighted by atomic mass is 35.5. The minimum atomic E-state index is -0.979. The smallest absolute Gasteiger partial charge is 0.337 e. The van der Waals surface area contributed by atoms with Crippen LogP contribution in [0, 0.1) is 13.8 Å². The van der Waals surface area contributed by atoms with Crippen LogP contribution in [0.5, 0.6) is 0 Å². The number of nitrogens with zero attached hydrogens (tertiary/aromatic N) is 1. The average molecular weight is 641 g/mol. The summed E-state index contributed by atoms with van der Waals surface area (Å²) in [5.41, 5.74) is 7.85. The second kappa shape index (κ2) is 15.3. The Morgan fingerprint density at radius 1 is 0.814 bits per heavy atom. The molecule has 6 nitrogen and oxygen atoms in total. The van der Waals surface area contributed by atoms with Gasteiger partial charge in [-0.15, -0.1) is 12.4 Å². The summed E-state index contributed by atoms with van der Waals surface area (Å²) in [6.45, 7) is 9.57. The van der Waals surface area contributed by atoms with E-state index in [9.17, 15) is 9.59 Å². The Morgan fingerprint density at radius 2 is 1.40 bits per heavy atom. The summed E-state index contributed by atoms with van der Waals surface area (Å²) in [5.74, 6) is -0.979. The highest BCUT2D eigenvalue weighted by Gasteiger charge is 2.30. The number of aromatic carboxylic acids is 1. The molecule has 0 aliphatic carbocycles. The summed E-state index contributed by atoms with van der Waals surface area (Å²) in [7, 11) is 0. The molecule has 0 fully saturated rings. The van der Waals surface area contributed by atoms with Gasteiger partial charge in [0.25, 0.3) is 0 Å². The van der Waals surface area contributed by atoms with E-state index in [0.717, 1.165) is 12.1 Å². The van der Waals surface area contributed by atoms with Crippen LogP contribution in [0.1, 0.15) is 69.7 Å². The van der Waals surface area contributed by atoms with Gasteiger partial charge in [0, 0.05) is 19.1 Å². The number of nitrogens with one attached hydrogen (secondary N) is 2. The molecule has 0 radical (unpaired) electrons. The average Bonchev–Trinajstić information content (AvgIpc) is 3.51. The lowest BCUT2D eigenvalue weighted by Crippen LogP contribution is -2.32. The van der Waals surface area contributed by atoms with Crippen LogP contribution in [0.4, 0.5) is 10.5 Å². The molecule has 0 bridgehead atoms. The Morgan fingerprint density at radius 3 is 1.95 bits per heavy atom. The highest BCUT2D eigenvalue weighted by molar-refractivity contribution is 6.34. The number of carboxylic acids is 1. The van der Waals surface area contributed by atoms with Gasteiger partial charge in [0.1, 0.15) is 0 Å². The van der Waals surface area contributed by atoms with Crippen LogP contribution >= 0.6 is 35.6 Å². The standard InChI is InChI=1S/C17H17ClN2O.C9H11N.C8H7ClO2.ClH/c1-11-6-5-9-15(18)16(11)19-17(21)20-10-13-7-3-4-8-14(13)12(20)2;1-7-9-5-3-2-4-8(9)6-10-7;1-5-3-2-4-6(9)7(5)8(10)11;/h3-9,12H,10H2,1-2H3,(H,19,21);2-5,7,10H,6H2,1H3;2-4H,1H3,(H,10,11);1H/t12-;7-;;/m00../s1. The molecule has 2 atom stereocenters. The van der Waals surface area contributed by atoms with Crippen LogP contribution < -0.4 is 10.6 Å². The van der Waals surface area contributed by atoms with E-state index in [2.05, 4.69) is 54.0 Å². The van der Waals surface area contributed by atoms with E-state index < -0.39 is 5.97 Å². The highest BCUT2D eigenvalue weighted by Crippen LogP contribution is 2.34. The molecule has 6 rings (SSSR count). The third-order valence-electron chi connectivity index (χ3n) is 7.58. The fourth-order valence-corrected chi connectivity index (χ4v) is 5.76. The van der Waals surface area contributed by atoms with Gasteiger partial charge in [0.15, 0.2) is 0 Å².